The van der Waals surface area contributed by atoms with Gasteiger partial charge in [0.25, 0.3) is 5.91 Å². The van der Waals surface area contributed by atoms with E-state index in [1.54, 1.807) is 5.56 Å². The van der Waals surface area contributed by atoms with Gasteiger partial charge in [0.1, 0.15) is 5.78 Å². The first-order chi connectivity index (χ1) is 28.0. The van der Waals surface area contributed by atoms with Crippen LogP contribution in [0.3, 0.4) is 0 Å². The lowest BCUT2D eigenvalue weighted by Gasteiger charge is -2.38. The summed E-state index contributed by atoms with van der Waals surface area (Å²) in [6.45, 7) is 38.1. The molecule has 5 rings (SSSR count). The van der Waals surface area contributed by atoms with Crippen molar-refractivity contribution in [2.24, 2.45) is 10.8 Å². The van der Waals surface area contributed by atoms with Crippen molar-refractivity contribution in [3.05, 3.63) is 93.1 Å². The third-order valence-electron chi connectivity index (χ3n) is 11.6. The molecule has 0 N–H and O–H groups in total. The first kappa shape index (κ1) is 53.2. The fourth-order valence-corrected chi connectivity index (χ4v) is 8.64. The highest BCUT2D eigenvalue weighted by molar-refractivity contribution is 5.98. The zero-order valence-electron chi connectivity index (χ0n) is 41.0. The number of rotatable bonds is 10. The zero-order valence-corrected chi connectivity index (χ0v) is 41.0. The Labute approximate surface area is 364 Å². The number of benzene rings is 2. The summed E-state index contributed by atoms with van der Waals surface area (Å²) in [7, 11) is 0. The smallest absolute Gasteiger partial charge is 0.262 e. The number of amides is 1. The second kappa shape index (κ2) is 25.7. The lowest BCUT2D eigenvalue weighted by atomic mass is 9.78. The highest BCUT2D eigenvalue weighted by Crippen LogP contribution is 2.45. The first-order valence-corrected chi connectivity index (χ1v) is 23.2. The number of anilines is 1. The summed E-state index contributed by atoms with van der Waals surface area (Å²) in [5.41, 5.74) is 13.6. The molecule has 0 aromatic heterocycles. The van der Waals surface area contributed by atoms with Crippen LogP contribution in [-0.4, -0.2) is 36.2 Å². The van der Waals surface area contributed by atoms with Gasteiger partial charge in [-0.15, -0.1) is 6.42 Å². The van der Waals surface area contributed by atoms with Crippen LogP contribution in [0.1, 0.15) is 202 Å². The minimum Gasteiger partial charge on any atom is -0.371 e. The summed E-state index contributed by atoms with van der Waals surface area (Å²) in [5.74, 6) is 3.63. The van der Waals surface area contributed by atoms with Crippen molar-refractivity contribution >= 4 is 23.0 Å². The van der Waals surface area contributed by atoms with Gasteiger partial charge < -0.3 is 14.6 Å². The second-order valence-corrected chi connectivity index (χ2v) is 17.8. The molecule has 2 aliphatic heterocycles. The number of hydrogen-bond acceptors (Lipinski definition) is 3. The standard InChI is InChI=1S/C29H42N2O.C19H26.C3H6O.2C2H6/c1-8-15-29(16-9-2)17-19-30(21-29)26-13-11-12-24-22(4)31(18-14-25(24)26)27(32)23(10-3)20-28(5,6)7;1-6-15-8-11-17(12-19(15)16-9-10-16)18(7-2)14(5)13(3)4;1-3(2)4;2*1-2/h3,11-13,20,22H,8-9,14-19,21H2,1-2,4-7H3;7-8,11-12,16H,6,9-10H2,1-5H3;1-2H3;2*1-2H3/b23-20+;18-7+;;;. The fourth-order valence-electron chi connectivity index (χ4n) is 8.64. The highest BCUT2D eigenvalue weighted by atomic mass is 16.2. The molecule has 328 valence electrons. The van der Waals surface area contributed by atoms with Crippen LogP contribution in [0.25, 0.3) is 5.57 Å². The fraction of sp³-hybridized carbons (Fsp3) is 0.600. The van der Waals surface area contributed by atoms with Gasteiger partial charge in [-0.1, -0.05) is 136 Å². The Morgan fingerprint density at radius 3 is 1.97 bits per heavy atom. The maximum absolute atomic E-state index is 13.3. The zero-order chi connectivity index (χ0) is 45.1. The Morgan fingerprint density at radius 2 is 1.49 bits per heavy atom. The van der Waals surface area contributed by atoms with Crippen molar-refractivity contribution in [1.29, 1.82) is 0 Å². The maximum Gasteiger partial charge on any atom is 0.262 e. The molecule has 1 atom stereocenters. The summed E-state index contributed by atoms with van der Waals surface area (Å²) < 4.78 is 0. The Hall–Kier alpha value is -3.84. The molecule has 3 aliphatic rings. The van der Waals surface area contributed by atoms with Gasteiger partial charge in [0.15, 0.2) is 0 Å². The van der Waals surface area contributed by atoms with Gasteiger partial charge in [-0.3, -0.25) is 4.79 Å². The van der Waals surface area contributed by atoms with Gasteiger partial charge in [0, 0.05) is 25.3 Å². The predicted molar refractivity (Wildman–Crippen MR) is 260 cm³/mol. The van der Waals surface area contributed by atoms with Crippen molar-refractivity contribution in [2.45, 2.75) is 187 Å². The molecule has 59 heavy (non-hydrogen) atoms. The van der Waals surface area contributed by atoms with Gasteiger partial charge in [-0.25, -0.2) is 0 Å². The molecule has 1 aliphatic carbocycles. The van der Waals surface area contributed by atoms with Crippen LogP contribution < -0.4 is 4.90 Å². The van der Waals surface area contributed by atoms with Crippen LogP contribution >= 0.6 is 0 Å². The number of Topliss-reactive ketones (excluding diaryl/α,β-unsaturated/α-hetero) is 1. The van der Waals surface area contributed by atoms with Crippen LogP contribution in [0.5, 0.6) is 0 Å². The summed E-state index contributed by atoms with van der Waals surface area (Å²) in [6.07, 6.45) is 21.2. The third kappa shape index (κ3) is 15.6. The number of nitrogens with zero attached hydrogens (tertiary/aromatic N) is 2. The van der Waals surface area contributed by atoms with E-state index < -0.39 is 0 Å². The van der Waals surface area contributed by atoms with Gasteiger partial charge in [0.05, 0.1) is 11.6 Å². The average Bonchev–Trinajstić information content (AvgIpc) is 3.98. The molecule has 4 heteroatoms. The number of carbonyl (C=O) groups is 2. The molecule has 0 radical (unpaired) electrons. The first-order valence-electron chi connectivity index (χ1n) is 23.2. The van der Waals surface area contributed by atoms with Crippen molar-refractivity contribution in [1.82, 2.24) is 4.90 Å². The summed E-state index contributed by atoms with van der Waals surface area (Å²) in [6, 6.07) is 13.8. The monoisotopic (exact) mass is 807 g/mol. The normalized spacial score (nSPS) is 16.9. The minimum atomic E-state index is -0.124. The molecular weight excluding hydrogens is 721 g/mol. The summed E-state index contributed by atoms with van der Waals surface area (Å²) >= 11 is 0. The molecule has 1 amide bonds. The van der Waals surface area contributed by atoms with Crippen molar-refractivity contribution < 1.29 is 9.59 Å². The summed E-state index contributed by atoms with van der Waals surface area (Å²) in [4.78, 5) is 27.3. The molecule has 1 saturated carbocycles. The molecule has 2 fully saturated rings. The van der Waals surface area contributed by atoms with E-state index in [0.29, 0.717) is 11.0 Å². The topological polar surface area (TPSA) is 40.6 Å². The lowest BCUT2D eigenvalue weighted by molar-refractivity contribution is -0.129. The molecule has 0 spiro atoms. The van der Waals surface area contributed by atoms with Gasteiger partial charge in [0.2, 0.25) is 0 Å². The van der Waals surface area contributed by atoms with Gasteiger partial charge in [-0.05, 0) is 155 Å². The highest BCUT2D eigenvalue weighted by Gasteiger charge is 2.38. The quantitative estimate of drug-likeness (QED) is 0.136. The Morgan fingerprint density at radius 1 is 0.898 bits per heavy atom. The molecule has 1 saturated heterocycles. The molecule has 1 unspecified atom stereocenters. The van der Waals surface area contributed by atoms with Gasteiger partial charge >= 0.3 is 0 Å². The minimum absolute atomic E-state index is 0.0166. The summed E-state index contributed by atoms with van der Waals surface area (Å²) in [5, 5.41) is 0. The van der Waals surface area contributed by atoms with Crippen LogP contribution in [0.4, 0.5) is 5.69 Å². The number of hydrogen-bond donors (Lipinski definition) is 0. The number of fused-ring (bicyclic) bond motifs is 1. The van der Waals surface area contributed by atoms with E-state index >= 15 is 0 Å². The van der Waals surface area contributed by atoms with Crippen molar-refractivity contribution in [2.75, 3.05) is 24.5 Å². The average molecular weight is 807 g/mol. The largest absolute Gasteiger partial charge is 0.371 e. The molecule has 4 nitrogen and oxygen atoms in total. The Balaban J connectivity index is 0.000000545. The molecule has 2 aromatic rings. The molecular formula is C55H86N2O2. The van der Waals surface area contributed by atoms with Crippen LogP contribution in [0, 0.1) is 23.2 Å². The Bertz CT molecular complexity index is 1760. The number of aryl methyl sites for hydroxylation is 1. The van der Waals surface area contributed by atoms with Crippen molar-refractivity contribution in [3.63, 3.8) is 0 Å². The van der Waals surface area contributed by atoms with Gasteiger partial charge in [-0.2, -0.15) is 0 Å². The molecule has 2 heterocycles. The predicted octanol–water partition coefficient (Wildman–Crippen LogP) is 15.1. The molecule has 2 aromatic carbocycles. The van der Waals surface area contributed by atoms with Crippen molar-refractivity contribution in [3.8, 4) is 12.3 Å². The number of ketones is 1. The third-order valence-corrected chi connectivity index (χ3v) is 11.6. The van der Waals surface area contributed by atoms with E-state index in [-0.39, 0.29) is 23.1 Å². The molecule has 0 bridgehead atoms. The number of allylic oxidation sites excluding steroid dienone is 5. The van der Waals surface area contributed by atoms with Crippen LogP contribution in [0.2, 0.25) is 0 Å². The van der Waals surface area contributed by atoms with Crippen LogP contribution in [0.15, 0.2) is 65.3 Å². The van der Waals surface area contributed by atoms with E-state index in [1.807, 2.05) is 38.7 Å². The SMILES string of the molecule is C#C/C(=C\C(C)(C)C)C(=O)N1CCc2c(cccc2N2CCC(CCC)(CCC)C2)C1C.C/C=C(\C(C)=C(C)C)c1ccc(CC)c(C2CC2)c1.CC.CC.CC(C)=O. The second-order valence-electron chi connectivity index (χ2n) is 17.8. The lowest BCUT2D eigenvalue weighted by Crippen LogP contribution is -2.40. The van der Waals surface area contributed by atoms with E-state index in [1.165, 1.54) is 103 Å². The van der Waals surface area contributed by atoms with Crippen LogP contribution in [-0.2, 0) is 22.4 Å². The maximum atomic E-state index is 13.3. The Kier molecular flexibility index (Phi) is 23.2. The van der Waals surface area contributed by atoms with E-state index in [9.17, 15) is 9.59 Å². The van der Waals surface area contributed by atoms with E-state index in [4.69, 9.17) is 6.42 Å². The number of carbonyl (C=O) groups excluding carboxylic acids is 2. The van der Waals surface area contributed by atoms with E-state index in [2.05, 4.69) is 129 Å². The van der Waals surface area contributed by atoms with E-state index in [0.717, 1.165) is 38.4 Å². The number of terminal acetylenes is 1.